The molecule has 0 aromatic rings. The smallest absolute Gasteiger partial charge is 0.0826 e. The van der Waals surface area contributed by atoms with E-state index in [1.807, 2.05) is 0 Å². The molecular weight excluding hydrogens is 224 g/mol. The van der Waals surface area contributed by atoms with E-state index in [0.29, 0.717) is 12.1 Å². The van der Waals surface area contributed by atoms with Crippen molar-refractivity contribution in [1.29, 1.82) is 0 Å². The summed E-state index contributed by atoms with van der Waals surface area (Å²) in [6, 6.07) is 0.652. The van der Waals surface area contributed by atoms with Crippen LogP contribution in [0.25, 0.3) is 0 Å². The molecule has 2 fully saturated rings. The lowest BCUT2D eigenvalue weighted by Gasteiger charge is -2.32. The quantitative estimate of drug-likeness (QED) is 0.779. The van der Waals surface area contributed by atoms with Gasteiger partial charge >= 0.3 is 0 Å². The third-order valence-corrected chi connectivity index (χ3v) is 4.62. The van der Waals surface area contributed by atoms with Crippen molar-refractivity contribution in [2.75, 3.05) is 33.3 Å². The van der Waals surface area contributed by atoms with E-state index >= 15 is 0 Å². The third kappa shape index (κ3) is 4.52. The molecule has 1 saturated heterocycles. The van der Waals surface area contributed by atoms with Crippen LogP contribution in [-0.4, -0.2) is 50.3 Å². The van der Waals surface area contributed by atoms with Crippen LogP contribution >= 0.6 is 0 Å². The van der Waals surface area contributed by atoms with Crippen LogP contribution in [0.1, 0.15) is 45.4 Å². The number of likely N-dealkylation sites (N-methyl/N-ethyl adjacent to an activating group) is 1. The van der Waals surface area contributed by atoms with Crippen LogP contribution in [0.5, 0.6) is 0 Å². The van der Waals surface area contributed by atoms with Crippen molar-refractivity contribution in [2.24, 2.45) is 5.92 Å². The summed E-state index contributed by atoms with van der Waals surface area (Å²) in [4.78, 5) is 2.37. The molecule has 1 aliphatic carbocycles. The Labute approximate surface area is 112 Å². The number of ether oxygens (including phenoxy) is 1. The number of nitrogens with one attached hydrogen (secondary N) is 1. The van der Waals surface area contributed by atoms with Gasteiger partial charge < -0.3 is 15.0 Å². The summed E-state index contributed by atoms with van der Waals surface area (Å²) in [5, 5.41) is 3.72. The van der Waals surface area contributed by atoms with Crippen LogP contribution in [-0.2, 0) is 4.74 Å². The molecule has 0 aromatic heterocycles. The molecular formula is C15H30N2O. The first-order valence-electron chi connectivity index (χ1n) is 7.79. The summed E-state index contributed by atoms with van der Waals surface area (Å²) in [6.07, 6.45) is 8.97. The van der Waals surface area contributed by atoms with E-state index < -0.39 is 0 Å². The van der Waals surface area contributed by atoms with Gasteiger partial charge in [-0.2, -0.15) is 0 Å². The number of hydrogen-bond donors (Lipinski definition) is 1. The highest BCUT2D eigenvalue weighted by molar-refractivity contribution is 4.78. The zero-order valence-corrected chi connectivity index (χ0v) is 12.2. The van der Waals surface area contributed by atoms with Gasteiger partial charge in [0.2, 0.25) is 0 Å². The fourth-order valence-electron chi connectivity index (χ4n) is 3.29. The molecule has 106 valence electrons. The predicted octanol–water partition coefficient (Wildman–Crippen LogP) is 2.27. The molecule has 1 heterocycles. The summed E-state index contributed by atoms with van der Waals surface area (Å²) < 4.78 is 5.81. The van der Waals surface area contributed by atoms with Crippen LogP contribution < -0.4 is 5.32 Å². The van der Waals surface area contributed by atoms with Crippen LogP contribution in [0.3, 0.4) is 0 Å². The molecule has 18 heavy (non-hydrogen) atoms. The van der Waals surface area contributed by atoms with Gasteiger partial charge in [0.05, 0.1) is 12.7 Å². The van der Waals surface area contributed by atoms with Gasteiger partial charge in [0, 0.05) is 25.7 Å². The van der Waals surface area contributed by atoms with Crippen LogP contribution in [0.2, 0.25) is 0 Å². The average molecular weight is 254 g/mol. The van der Waals surface area contributed by atoms with Gasteiger partial charge in [-0.1, -0.05) is 25.7 Å². The second kappa shape index (κ2) is 7.46. The Kier molecular flexibility index (Phi) is 5.93. The minimum Gasteiger partial charge on any atom is -0.374 e. The van der Waals surface area contributed by atoms with Crippen molar-refractivity contribution in [2.45, 2.75) is 57.6 Å². The molecule has 1 unspecified atom stereocenters. The van der Waals surface area contributed by atoms with Gasteiger partial charge in [-0.15, -0.1) is 0 Å². The van der Waals surface area contributed by atoms with Gasteiger partial charge in [0.25, 0.3) is 0 Å². The molecule has 0 radical (unpaired) electrons. The molecule has 1 saturated carbocycles. The molecule has 2 rings (SSSR count). The van der Waals surface area contributed by atoms with Crippen molar-refractivity contribution >= 4 is 0 Å². The second-order valence-electron chi connectivity index (χ2n) is 6.20. The molecule has 1 N–H and O–H groups in total. The first-order valence-corrected chi connectivity index (χ1v) is 7.79. The van der Waals surface area contributed by atoms with Crippen LogP contribution in [0.15, 0.2) is 0 Å². The number of nitrogens with zero attached hydrogens (tertiary/aromatic N) is 1. The highest BCUT2D eigenvalue weighted by Crippen LogP contribution is 2.25. The van der Waals surface area contributed by atoms with Gasteiger partial charge in [-0.3, -0.25) is 0 Å². The summed E-state index contributed by atoms with van der Waals surface area (Å²) >= 11 is 0. The highest BCUT2D eigenvalue weighted by Gasteiger charge is 2.22. The Bertz CT molecular complexity index is 227. The maximum Gasteiger partial charge on any atom is 0.0826 e. The van der Waals surface area contributed by atoms with E-state index in [2.05, 4.69) is 24.2 Å². The molecule has 1 aliphatic heterocycles. The number of rotatable bonds is 4. The van der Waals surface area contributed by atoms with E-state index in [1.54, 1.807) is 0 Å². The predicted molar refractivity (Wildman–Crippen MR) is 75.9 cm³/mol. The van der Waals surface area contributed by atoms with Gasteiger partial charge in [-0.25, -0.2) is 0 Å². The molecule has 0 spiro atoms. The summed E-state index contributed by atoms with van der Waals surface area (Å²) in [7, 11) is 2.18. The fraction of sp³-hybridized carbons (Fsp3) is 1.00. The van der Waals surface area contributed by atoms with Crippen molar-refractivity contribution in [3.8, 4) is 0 Å². The maximum absolute atomic E-state index is 5.81. The zero-order valence-electron chi connectivity index (χ0n) is 12.2. The number of hydrogen-bond acceptors (Lipinski definition) is 3. The summed E-state index contributed by atoms with van der Waals surface area (Å²) in [5.74, 6) is 0.883. The monoisotopic (exact) mass is 254 g/mol. The standard InChI is InChI=1S/C15H30N2O/c1-13(14-7-5-3-4-6-8-14)16-11-15-12-17(2)9-10-18-15/h13-16H,3-12H2,1-2H3/t13-,15?/m0/s1. The Hall–Kier alpha value is -0.120. The van der Waals surface area contributed by atoms with Gasteiger partial charge in [0.1, 0.15) is 0 Å². The zero-order chi connectivity index (χ0) is 12.8. The minimum atomic E-state index is 0.386. The highest BCUT2D eigenvalue weighted by atomic mass is 16.5. The fourth-order valence-corrected chi connectivity index (χ4v) is 3.29. The summed E-state index contributed by atoms with van der Waals surface area (Å²) in [6.45, 7) is 6.42. The molecule has 0 bridgehead atoms. The SMILES string of the molecule is C[C@H](NCC1CN(C)CCO1)C1CCCCCC1. The van der Waals surface area contributed by atoms with Crippen molar-refractivity contribution in [3.05, 3.63) is 0 Å². The van der Waals surface area contributed by atoms with Crippen molar-refractivity contribution < 1.29 is 4.74 Å². The minimum absolute atomic E-state index is 0.386. The van der Waals surface area contributed by atoms with E-state index in [1.165, 1.54) is 38.5 Å². The van der Waals surface area contributed by atoms with E-state index in [-0.39, 0.29) is 0 Å². The van der Waals surface area contributed by atoms with Crippen molar-refractivity contribution in [1.82, 2.24) is 10.2 Å². The van der Waals surface area contributed by atoms with Crippen LogP contribution in [0.4, 0.5) is 0 Å². The Morgan fingerprint density at radius 2 is 1.94 bits per heavy atom. The first kappa shape index (κ1) is 14.3. The topological polar surface area (TPSA) is 24.5 Å². The van der Waals surface area contributed by atoms with E-state index in [0.717, 1.165) is 32.2 Å². The first-order chi connectivity index (χ1) is 8.75. The lowest BCUT2D eigenvalue weighted by Crippen LogP contribution is -2.47. The Balaban J connectivity index is 1.68. The molecule has 2 atom stereocenters. The van der Waals surface area contributed by atoms with Gasteiger partial charge in [-0.05, 0) is 32.7 Å². The molecule has 0 amide bonds. The Morgan fingerprint density at radius 1 is 1.22 bits per heavy atom. The normalized spacial score (nSPS) is 30.0. The summed E-state index contributed by atoms with van der Waals surface area (Å²) in [5.41, 5.74) is 0. The second-order valence-corrected chi connectivity index (χ2v) is 6.20. The largest absolute Gasteiger partial charge is 0.374 e. The number of morpholine rings is 1. The molecule has 2 aliphatic rings. The molecule has 3 heteroatoms. The van der Waals surface area contributed by atoms with E-state index in [4.69, 9.17) is 4.74 Å². The molecule has 3 nitrogen and oxygen atoms in total. The Morgan fingerprint density at radius 3 is 2.61 bits per heavy atom. The van der Waals surface area contributed by atoms with Crippen LogP contribution in [0, 0.1) is 5.92 Å². The van der Waals surface area contributed by atoms with Crippen molar-refractivity contribution in [3.63, 3.8) is 0 Å². The maximum atomic E-state index is 5.81. The lowest BCUT2D eigenvalue weighted by molar-refractivity contribution is -0.0199. The molecule has 0 aromatic carbocycles. The van der Waals surface area contributed by atoms with E-state index in [9.17, 15) is 0 Å². The average Bonchev–Trinajstić information content (AvgIpc) is 2.65. The van der Waals surface area contributed by atoms with Gasteiger partial charge in [0.15, 0.2) is 0 Å². The lowest BCUT2D eigenvalue weighted by atomic mass is 9.93. The third-order valence-electron chi connectivity index (χ3n) is 4.62.